The highest BCUT2D eigenvalue weighted by molar-refractivity contribution is 6.03. The van der Waals surface area contributed by atoms with Crippen LogP contribution < -0.4 is 11.5 Å². The van der Waals surface area contributed by atoms with Gasteiger partial charge in [-0.25, -0.2) is 4.99 Å². The number of aromatic nitrogens is 1. The molecule has 78 valence electrons. The van der Waals surface area contributed by atoms with Crippen molar-refractivity contribution in [3.8, 4) is 11.8 Å². The Morgan fingerprint density at radius 3 is 2.93 bits per heavy atom. The Labute approximate surface area is 88.3 Å². The van der Waals surface area contributed by atoms with Crippen LogP contribution in [0.2, 0.25) is 0 Å². The molecule has 0 bridgehead atoms. The first-order valence-electron chi connectivity index (χ1n) is 4.34. The van der Waals surface area contributed by atoms with Crippen LogP contribution in [-0.2, 0) is 0 Å². The van der Waals surface area contributed by atoms with Crippen LogP contribution in [0, 0.1) is 11.8 Å². The Morgan fingerprint density at radius 1 is 1.67 bits per heavy atom. The number of nitrogens with two attached hydrogens (primary N) is 2. The summed E-state index contributed by atoms with van der Waals surface area (Å²) in [5, 5.41) is 0. The smallest absolute Gasteiger partial charge is 0.141 e. The third kappa shape index (κ3) is 2.24. The molecule has 5 N–H and O–H groups in total. The summed E-state index contributed by atoms with van der Waals surface area (Å²) in [5.41, 5.74) is 12.4. The second-order valence-electron chi connectivity index (χ2n) is 2.70. The zero-order valence-electron chi connectivity index (χ0n) is 8.54. The summed E-state index contributed by atoms with van der Waals surface area (Å²) in [6.45, 7) is 3.73. The predicted molar refractivity (Wildman–Crippen MR) is 62.6 cm³/mol. The average molecular weight is 203 g/mol. The zero-order valence-corrected chi connectivity index (χ0v) is 8.54. The molecule has 1 aromatic heterocycles. The minimum absolute atomic E-state index is 0.296. The van der Waals surface area contributed by atoms with Gasteiger partial charge in [0.15, 0.2) is 0 Å². The number of hydrogen-bond acceptors (Lipinski definition) is 3. The van der Waals surface area contributed by atoms with Gasteiger partial charge in [0.1, 0.15) is 11.7 Å². The average Bonchev–Trinajstić information content (AvgIpc) is 2.68. The van der Waals surface area contributed by atoms with Gasteiger partial charge < -0.3 is 16.5 Å². The standard InChI is InChI=1S/C10H13N5/c1-13-9(12)8-7(4-3-5-11)6-15-10(8)14-2/h6,15H,2,5,11H2,1H3,(H2,12,13). The maximum atomic E-state index is 5.73. The lowest BCUT2D eigenvalue weighted by atomic mass is 10.1. The maximum Gasteiger partial charge on any atom is 0.141 e. The molecule has 0 unspecified atom stereocenters. The van der Waals surface area contributed by atoms with Crippen molar-refractivity contribution in [2.24, 2.45) is 21.5 Å². The van der Waals surface area contributed by atoms with Crippen molar-refractivity contribution in [1.82, 2.24) is 4.98 Å². The molecule has 0 aromatic carbocycles. The van der Waals surface area contributed by atoms with Crippen molar-refractivity contribution < 1.29 is 0 Å². The van der Waals surface area contributed by atoms with E-state index < -0.39 is 0 Å². The molecular formula is C10H13N5. The van der Waals surface area contributed by atoms with Gasteiger partial charge in [-0.2, -0.15) is 0 Å². The van der Waals surface area contributed by atoms with Crippen molar-refractivity contribution >= 4 is 18.4 Å². The van der Waals surface area contributed by atoms with Crippen molar-refractivity contribution in [2.75, 3.05) is 13.6 Å². The zero-order chi connectivity index (χ0) is 11.3. The van der Waals surface area contributed by atoms with Gasteiger partial charge >= 0.3 is 0 Å². The van der Waals surface area contributed by atoms with E-state index in [0.717, 1.165) is 5.56 Å². The van der Waals surface area contributed by atoms with E-state index in [0.29, 0.717) is 23.8 Å². The largest absolute Gasteiger partial charge is 0.383 e. The SMILES string of the molecule is C=Nc1[nH]cc(C#CCN)c1C(N)=NC. The van der Waals surface area contributed by atoms with Crippen LogP contribution in [0.3, 0.4) is 0 Å². The van der Waals surface area contributed by atoms with Gasteiger partial charge in [-0.05, 0) is 6.72 Å². The summed E-state index contributed by atoms with van der Waals surface area (Å²) in [4.78, 5) is 10.6. The van der Waals surface area contributed by atoms with Gasteiger partial charge in [-0.3, -0.25) is 4.99 Å². The van der Waals surface area contributed by atoms with Crippen molar-refractivity contribution in [3.05, 3.63) is 17.3 Å². The van der Waals surface area contributed by atoms with Crippen molar-refractivity contribution in [3.63, 3.8) is 0 Å². The first-order valence-corrected chi connectivity index (χ1v) is 4.34. The van der Waals surface area contributed by atoms with Crippen LogP contribution >= 0.6 is 0 Å². The Kier molecular flexibility index (Phi) is 3.66. The summed E-state index contributed by atoms with van der Waals surface area (Å²) in [7, 11) is 1.61. The molecule has 0 aliphatic heterocycles. The number of H-pyrrole nitrogens is 1. The third-order valence-corrected chi connectivity index (χ3v) is 1.84. The lowest BCUT2D eigenvalue weighted by molar-refractivity contribution is 1.30. The summed E-state index contributed by atoms with van der Waals surface area (Å²) in [6.07, 6.45) is 1.71. The fourth-order valence-electron chi connectivity index (χ4n) is 1.15. The van der Waals surface area contributed by atoms with Crippen LogP contribution in [0.25, 0.3) is 0 Å². The third-order valence-electron chi connectivity index (χ3n) is 1.84. The molecule has 1 heterocycles. The van der Waals surface area contributed by atoms with Crippen LogP contribution in [0.4, 0.5) is 5.82 Å². The minimum Gasteiger partial charge on any atom is -0.383 e. The number of rotatable bonds is 2. The molecule has 0 fully saturated rings. The molecule has 0 radical (unpaired) electrons. The Bertz CT molecular complexity index is 444. The van der Waals surface area contributed by atoms with E-state index in [4.69, 9.17) is 11.5 Å². The van der Waals surface area contributed by atoms with Gasteiger partial charge in [0.25, 0.3) is 0 Å². The van der Waals surface area contributed by atoms with Crippen LogP contribution in [0.15, 0.2) is 16.2 Å². The number of hydrogen-bond donors (Lipinski definition) is 3. The highest BCUT2D eigenvalue weighted by Crippen LogP contribution is 2.20. The molecule has 0 amide bonds. The van der Waals surface area contributed by atoms with E-state index in [-0.39, 0.29) is 0 Å². The van der Waals surface area contributed by atoms with E-state index >= 15 is 0 Å². The second-order valence-corrected chi connectivity index (χ2v) is 2.70. The first kappa shape index (κ1) is 11.0. The number of nitrogens with one attached hydrogen (secondary N) is 1. The molecular weight excluding hydrogens is 190 g/mol. The molecule has 1 rings (SSSR count). The Balaban J connectivity index is 3.29. The number of amidine groups is 1. The quantitative estimate of drug-likeness (QED) is 0.358. The molecule has 0 aliphatic rings. The van der Waals surface area contributed by atoms with Gasteiger partial charge in [0.2, 0.25) is 0 Å². The van der Waals surface area contributed by atoms with Gasteiger partial charge in [0, 0.05) is 13.2 Å². The normalized spacial score (nSPS) is 10.7. The fourth-order valence-corrected chi connectivity index (χ4v) is 1.15. The molecule has 5 nitrogen and oxygen atoms in total. The lowest BCUT2D eigenvalue weighted by Crippen LogP contribution is -2.13. The molecule has 1 aromatic rings. The molecule has 0 atom stereocenters. The highest BCUT2D eigenvalue weighted by Gasteiger charge is 2.11. The predicted octanol–water partition coefficient (Wildman–Crippen LogP) is -0.00790. The minimum atomic E-state index is 0.296. The molecule has 0 spiro atoms. The summed E-state index contributed by atoms with van der Waals surface area (Å²) in [5.74, 6) is 6.58. The Hall–Kier alpha value is -2.06. The van der Waals surface area contributed by atoms with E-state index in [1.54, 1.807) is 13.2 Å². The van der Waals surface area contributed by atoms with Crippen molar-refractivity contribution in [2.45, 2.75) is 0 Å². The van der Waals surface area contributed by atoms with Crippen LogP contribution in [0.1, 0.15) is 11.1 Å². The van der Waals surface area contributed by atoms with Gasteiger partial charge in [0.05, 0.1) is 17.7 Å². The summed E-state index contributed by atoms with van der Waals surface area (Å²) in [6, 6.07) is 0. The topological polar surface area (TPSA) is 92.5 Å². The van der Waals surface area contributed by atoms with E-state index in [2.05, 4.69) is 33.5 Å². The lowest BCUT2D eigenvalue weighted by Gasteiger charge is -1.98. The molecule has 0 saturated carbocycles. The first-order chi connectivity index (χ1) is 7.24. The van der Waals surface area contributed by atoms with E-state index in [9.17, 15) is 0 Å². The molecule has 0 saturated heterocycles. The van der Waals surface area contributed by atoms with Gasteiger partial charge in [-0.15, -0.1) is 0 Å². The van der Waals surface area contributed by atoms with E-state index in [1.807, 2.05) is 0 Å². The highest BCUT2D eigenvalue weighted by atomic mass is 14.9. The number of nitrogens with zero attached hydrogens (tertiary/aromatic N) is 2. The van der Waals surface area contributed by atoms with E-state index in [1.165, 1.54) is 0 Å². The van der Waals surface area contributed by atoms with Crippen LogP contribution in [-0.4, -0.2) is 31.1 Å². The summed E-state index contributed by atoms with van der Waals surface area (Å²) >= 11 is 0. The summed E-state index contributed by atoms with van der Waals surface area (Å²) < 4.78 is 0. The monoisotopic (exact) mass is 203 g/mol. The molecule has 15 heavy (non-hydrogen) atoms. The fraction of sp³-hybridized carbons (Fsp3) is 0.200. The van der Waals surface area contributed by atoms with Crippen LogP contribution in [0.5, 0.6) is 0 Å². The molecule has 0 aliphatic carbocycles. The Morgan fingerprint density at radius 2 is 2.40 bits per heavy atom. The molecule has 5 heteroatoms. The maximum absolute atomic E-state index is 5.73. The second kappa shape index (κ2) is 4.98. The number of aliphatic imine (C=N–C) groups is 2. The van der Waals surface area contributed by atoms with Gasteiger partial charge in [-0.1, -0.05) is 11.8 Å². The van der Waals surface area contributed by atoms with Crippen molar-refractivity contribution in [1.29, 1.82) is 0 Å². The number of aromatic amines is 1.